The summed E-state index contributed by atoms with van der Waals surface area (Å²) in [6, 6.07) is 13.4. The number of nitrogens with zero attached hydrogens (tertiary/aromatic N) is 7. The van der Waals surface area contributed by atoms with Gasteiger partial charge in [-0.25, -0.2) is 0 Å². The lowest BCUT2D eigenvalue weighted by Crippen LogP contribution is -2.53. The van der Waals surface area contributed by atoms with Crippen molar-refractivity contribution in [3.63, 3.8) is 0 Å². The minimum absolute atomic E-state index is 0.0162. The van der Waals surface area contributed by atoms with Gasteiger partial charge in [0.15, 0.2) is 5.76 Å². The highest BCUT2D eigenvalue weighted by molar-refractivity contribution is 5.84. The zero-order valence-corrected chi connectivity index (χ0v) is 19.8. The van der Waals surface area contributed by atoms with Crippen molar-refractivity contribution in [2.24, 2.45) is 5.92 Å². The molecule has 4 heterocycles. The van der Waals surface area contributed by atoms with Crippen LogP contribution in [0.5, 0.6) is 0 Å². The van der Waals surface area contributed by atoms with Crippen LogP contribution in [-0.2, 0) is 11.3 Å². The van der Waals surface area contributed by atoms with Gasteiger partial charge in [-0.1, -0.05) is 44.2 Å². The van der Waals surface area contributed by atoms with Crippen molar-refractivity contribution < 1.29 is 9.21 Å². The van der Waals surface area contributed by atoms with E-state index in [4.69, 9.17) is 10.2 Å². The van der Waals surface area contributed by atoms with E-state index in [1.165, 1.54) is 10.1 Å². The second-order valence-corrected chi connectivity index (χ2v) is 8.98. The minimum Gasteiger partial charge on any atom is -0.461 e. The molecule has 0 bridgehead atoms. The van der Waals surface area contributed by atoms with Gasteiger partial charge in [0.05, 0.1) is 6.26 Å². The quantitative estimate of drug-likeness (QED) is 0.413. The van der Waals surface area contributed by atoms with Gasteiger partial charge in [-0.2, -0.15) is 19.5 Å². The molecular formula is C24H29N9O2. The number of carbonyl (C=O) groups excluding carboxylic acids is 1. The first-order valence-corrected chi connectivity index (χ1v) is 11.7. The standard InChI is InChI=1S/C24H29N9O2/c1-16(2)19(21(34)32-12-10-31(11-13-32)15-17-7-4-3-5-8-17)26-23-28-22(25)33-24(29-23)27-20(30-33)18-9-6-14-35-18/h3-9,14,16,19H,10-13,15H2,1-2H3,(H3,25,26,27,28,29,30)/t19-/m0/s1. The summed E-state index contributed by atoms with van der Waals surface area (Å²) >= 11 is 0. The third kappa shape index (κ3) is 4.94. The van der Waals surface area contributed by atoms with Gasteiger partial charge in [-0.15, -0.1) is 5.10 Å². The Kier molecular flexibility index (Phi) is 6.32. The summed E-state index contributed by atoms with van der Waals surface area (Å²) < 4.78 is 6.71. The first kappa shape index (κ1) is 22.8. The number of anilines is 2. The van der Waals surface area contributed by atoms with Crippen molar-refractivity contribution in [3.8, 4) is 11.6 Å². The predicted molar refractivity (Wildman–Crippen MR) is 131 cm³/mol. The highest BCUT2D eigenvalue weighted by atomic mass is 16.3. The summed E-state index contributed by atoms with van der Waals surface area (Å²) in [4.78, 5) is 30.9. The molecular weight excluding hydrogens is 446 g/mol. The molecule has 1 fully saturated rings. The molecule has 11 heteroatoms. The van der Waals surface area contributed by atoms with E-state index in [2.05, 4.69) is 54.5 Å². The largest absolute Gasteiger partial charge is 0.461 e. The van der Waals surface area contributed by atoms with Crippen LogP contribution in [0.1, 0.15) is 19.4 Å². The summed E-state index contributed by atoms with van der Waals surface area (Å²) in [7, 11) is 0. The summed E-state index contributed by atoms with van der Waals surface area (Å²) in [5.74, 6) is 1.54. The van der Waals surface area contributed by atoms with Crippen molar-refractivity contribution in [2.75, 3.05) is 37.2 Å². The van der Waals surface area contributed by atoms with E-state index in [0.29, 0.717) is 24.7 Å². The van der Waals surface area contributed by atoms with Crippen LogP contribution in [0.3, 0.4) is 0 Å². The van der Waals surface area contributed by atoms with E-state index < -0.39 is 6.04 Å². The van der Waals surface area contributed by atoms with Crippen molar-refractivity contribution >= 4 is 23.6 Å². The number of hydrogen-bond donors (Lipinski definition) is 2. The van der Waals surface area contributed by atoms with Crippen LogP contribution in [0, 0.1) is 5.92 Å². The van der Waals surface area contributed by atoms with Crippen LogP contribution in [0.15, 0.2) is 53.1 Å². The van der Waals surface area contributed by atoms with Gasteiger partial charge >= 0.3 is 0 Å². The fourth-order valence-electron chi connectivity index (χ4n) is 4.20. The lowest BCUT2D eigenvalue weighted by atomic mass is 10.0. The molecule has 0 unspecified atom stereocenters. The molecule has 1 aliphatic heterocycles. The van der Waals surface area contributed by atoms with Crippen LogP contribution < -0.4 is 11.1 Å². The monoisotopic (exact) mass is 475 g/mol. The highest BCUT2D eigenvalue weighted by Gasteiger charge is 2.30. The number of carbonyl (C=O) groups is 1. The van der Waals surface area contributed by atoms with E-state index in [1.807, 2.05) is 24.8 Å². The van der Waals surface area contributed by atoms with E-state index in [-0.39, 0.29) is 29.5 Å². The Balaban J connectivity index is 1.27. The lowest BCUT2D eigenvalue weighted by molar-refractivity contribution is -0.134. The average molecular weight is 476 g/mol. The molecule has 1 atom stereocenters. The summed E-state index contributed by atoms with van der Waals surface area (Å²) in [5, 5.41) is 7.50. The maximum Gasteiger partial charge on any atom is 0.259 e. The Morgan fingerprint density at radius 2 is 1.83 bits per heavy atom. The molecule has 0 aliphatic carbocycles. The predicted octanol–water partition coefficient (Wildman–Crippen LogP) is 2.14. The van der Waals surface area contributed by atoms with Gasteiger partial charge in [0.1, 0.15) is 6.04 Å². The molecule has 5 rings (SSSR count). The Labute approximate surface area is 203 Å². The second-order valence-electron chi connectivity index (χ2n) is 8.98. The van der Waals surface area contributed by atoms with E-state index in [0.717, 1.165) is 19.6 Å². The second kappa shape index (κ2) is 9.71. The van der Waals surface area contributed by atoms with E-state index in [9.17, 15) is 4.79 Å². The van der Waals surface area contributed by atoms with Gasteiger partial charge in [0, 0.05) is 32.7 Å². The first-order valence-electron chi connectivity index (χ1n) is 11.7. The van der Waals surface area contributed by atoms with Crippen LogP contribution in [0.25, 0.3) is 17.4 Å². The highest BCUT2D eigenvalue weighted by Crippen LogP contribution is 2.19. The number of nitrogen functional groups attached to an aromatic ring is 1. The van der Waals surface area contributed by atoms with Gasteiger partial charge < -0.3 is 20.4 Å². The van der Waals surface area contributed by atoms with Gasteiger partial charge in [-0.05, 0) is 23.6 Å². The molecule has 182 valence electrons. The Bertz CT molecular complexity index is 1280. The van der Waals surface area contributed by atoms with E-state index in [1.54, 1.807) is 18.4 Å². The Morgan fingerprint density at radius 1 is 1.06 bits per heavy atom. The molecule has 11 nitrogen and oxygen atoms in total. The van der Waals surface area contributed by atoms with Crippen LogP contribution in [-0.4, -0.2) is 72.5 Å². The van der Waals surface area contributed by atoms with Crippen molar-refractivity contribution in [1.29, 1.82) is 0 Å². The minimum atomic E-state index is -0.495. The number of nitrogens with two attached hydrogens (primary N) is 1. The third-order valence-electron chi connectivity index (χ3n) is 6.13. The van der Waals surface area contributed by atoms with Crippen molar-refractivity contribution in [1.82, 2.24) is 34.4 Å². The number of furan rings is 1. The molecule has 3 aromatic heterocycles. The maximum atomic E-state index is 13.4. The van der Waals surface area contributed by atoms with Crippen LogP contribution >= 0.6 is 0 Å². The molecule has 1 amide bonds. The summed E-state index contributed by atoms with van der Waals surface area (Å²) in [5.41, 5.74) is 7.39. The number of aromatic nitrogens is 5. The summed E-state index contributed by atoms with van der Waals surface area (Å²) in [6.45, 7) is 7.89. The Morgan fingerprint density at radius 3 is 2.51 bits per heavy atom. The topological polar surface area (TPSA) is 131 Å². The molecule has 4 aromatic rings. The van der Waals surface area contributed by atoms with Gasteiger partial charge in [-0.3, -0.25) is 9.69 Å². The fraction of sp³-hybridized carbons (Fsp3) is 0.375. The van der Waals surface area contributed by atoms with Crippen molar-refractivity contribution in [3.05, 3.63) is 54.3 Å². The zero-order valence-electron chi connectivity index (χ0n) is 19.8. The number of fused-ring (bicyclic) bond motifs is 1. The van der Waals surface area contributed by atoms with Crippen LogP contribution in [0.2, 0.25) is 0 Å². The Hall–Kier alpha value is -3.99. The average Bonchev–Trinajstić information content (AvgIpc) is 3.53. The number of nitrogens with one attached hydrogen (secondary N) is 1. The van der Waals surface area contributed by atoms with E-state index >= 15 is 0 Å². The number of benzene rings is 1. The SMILES string of the molecule is CC(C)[C@H](Nc1nc(N)n2nc(-c3ccco3)nc2n1)C(=O)N1CCN(Cc2ccccc2)CC1. The molecule has 35 heavy (non-hydrogen) atoms. The molecule has 1 aromatic carbocycles. The normalized spacial score (nSPS) is 15.6. The molecule has 0 radical (unpaired) electrons. The number of amides is 1. The number of piperazine rings is 1. The first-order chi connectivity index (χ1) is 17.0. The smallest absolute Gasteiger partial charge is 0.259 e. The van der Waals surface area contributed by atoms with Gasteiger partial charge in [0.2, 0.25) is 23.6 Å². The number of hydrogen-bond acceptors (Lipinski definition) is 9. The fourth-order valence-corrected chi connectivity index (χ4v) is 4.20. The molecule has 0 saturated carbocycles. The zero-order chi connectivity index (χ0) is 24.4. The lowest BCUT2D eigenvalue weighted by Gasteiger charge is -2.37. The molecule has 1 aliphatic rings. The molecule has 1 saturated heterocycles. The number of rotatable bonds is 7. The maximum absolute atomic E-state index is 13.4. The summed E-state index contributed by atoms with van der Waals surface area (Å²) in [6.07, 6.45) is 1.55. The van der Waals surface area contributed by atoms with Crippen molar-refractivity contribution in [2.45, 2.75) is 26.4 Å². The molecule has 0 spiro atoms. The third-order valence-corrected chi connectivity index (χ3v) is 6.13. The van der Waals surface area contributed by atoms with Crippen LogP contribution in [0.4, 0.5) is 11.9 Å². The molecule has 3 N–H and O–H groups in total. The van der Waals surface area contributed by atoms with Gasteiger partial charge in [0.25, 0.3) is 5.78 Å².